The number of fused-ring (bicyclic) bond motifs is 2. The highest BCUT2D eigenvalue weighted by Crippen LogP contribution is 2.26. The van der Waals surface area contributed by atoms with Crippen LogP contribution in [0.1, 0.15) is 98.9 Å². The lowest BCUT2D eigenvalue weighted by Gasteiger charge is -2.30. The maximum Gasteiger partial charge on any atom is 0.410 e. The Morgan fingerprint density at radius 3 is 1.73 bits per heavy atom. The summed E-state index contributed by atoms with van der Waals surface area (Å²) in [6, 6.07) is 0. The van der Waals surface area contributed by atoms with Crippen LogP contribution in [-0.2, 0) is 58.0 Å². The average molecular weight is 679 g/mol. The van der Waals surface area contributed by atoms with Gasteiger partial charge in [0.15, 0.2) is 11.4 Å². The molecule has 0 saturated carbocycles. The maximum atomic E-state index is 12.3. The van der Waals surface area contributed by atoms with Gasteiger partial charge >= 0.3 is 24.1 Å². The Morgan fingerprint density at radius 1 is 0.708 bits per heavy atom. The lowest BCUT2D eigenvalue weighted by atomic mass is 10.1. The zero-order valence-electron chi connectivity index (χ0n) is 29.3. The Balaban J connectivity index is 0.000000260. The predicted molar refractivity (Wildman–Crippen MR) is 171 cm³/mol. The fraction of sp³-hybridized carbons (Fsp3) is 0.688. The van der Waals surface area contributed by atoms with Crippen LogP contribution in [0, 0.1) is 0 Å². The van der Waals surface area contributed by atoms with Crippen molar-refractivity contribution >= 4 is 24.1 Å². The summed E-state index contributed by atoms with van der Waals surface area (Å²) in [7, 11) is 0. The molecule has 0 spiro atoms. The number of esters is 2. The van der Waals surface area contributed by atoms with E-state index in [0.29, 0.717) is 49.3 Å². The standard InChI is InChI=1S/2C16H25N3O5/c1-5-23-14(21)13-11-10-18(15(22)24-16(2,3)4)7-6-12(11)19(17-13)8-9-20;1-5-23-14(21)13-11-10-18(15(22)24-16(2,3)4)7-6-12(11)17-19(13)8-9-20/h2*20H,5-10H2,1-4H3. The normalized spacial score (nSPS) is 14.3. The minimum absolute atomic E-state index is 0.0772. The maximum absolute atomic E-state index is 12.3. The smallest absolute Gasteiger partial charge is 0.410 e. The van der Waals surface area contributed by atoms with Gasteiger partial charge in [0.1, 0.15) is 11.2 Å². The Kier molecular flexibility index (Phi) is 13.0. The Hall–Kier alpha value is -4.18. The molecule has 4 rings (SSSR count). The number of aliphatic hydroxyl groups excluding tert-OH is 2. The predicted octanol–water partition coefficient (Wildman–Crippen LogP) is 2.69. The Labute approximate surface area is 280 Å². The molecule has 2 amide bonds. The van der Waals surface area contributed by atoms with Crippen LogP contribution in [0.5, 0.6) is 0 Å². The number of carbonyl (C=O) groups is 4. The van der Waals surface area contributed by atoms with E-state index in [-0.39, 0.29) is 51.8 Å². The first-order valence-corrected chi connectivity index (χ1v) is 16.2. The van der Waals surface area contributed by atoms with Crippen molar-refractivity contribution in [1.29, 1.82) is 0 Å². The highest BCUT2D eigenvalue weighted by molar-refractivity contribution is 5.90. The Morgan fingerprint density at radius 2 is 1.21 bits per heavy atom. The van der Waals surface area contributed by atoms with E-state index in [9.17, 15) is 29.4 Å². The molecule has 268 valence electrons. The Bertz CT molecular complexity index is 1420. The number of nitrogens with zero attached hydrogens (tertiary/aromatic N) is 6. The monoisotopic (exact) mass is 678 g/mol. The van der Waals surface area contributed by atoms with Crippen LogP contribution < -0.4 is 0 Å². The molecule has 2 aromatic heterocycles. The van der Waals surface area contributed by atoms with Crippen LogP contribution in [0.15, 0.2) is 0 Å². The minimum Gasteiger partial charge on any atom is -0.461 e. The molecule has 0 unspecified atom stereocenters. The largest absolute Gasteiger partial charge is 0.461 e. The lowest BCUT2D eigenvalue weighted by Crippen LogP contribution is -2.40. The first-order valence-electron chi connectivity index (χ1n) is 16.2. The van der Waals surface area contributed by atoms with Gasteiger partial charge in [-0.25, -0.2) is 19.2 Å². The van der Waals surface area contributed by atoms with E-state index in [4.69, 9.17) is 18.9 Å². The summed E-state index contributed by atoms with van der Waals surface area (Å²) in [4.78, 5) is 52.1. The second-order valence-corrected chi connectivity index (χ2v) is 13.2. The zero-order chi connectivity index (χ0) is 35.8. The van der Waals surface area contributed by atoms with Crippen LogP contribution in [0.3, 0.4) is 0 Å². The fourth-order valence-electron chi connectivity index (χ4n) is 5.21. The molecule has 0 saturated heterocycles. The fourth-order valence-corrected chi connectivity index (χ4v) is 5.21. The third kappa shape index (κ3) is 9.92. The summed E-state index contributed by atoms with van der Waals surface area (Å²) >= 11 is 0. The molecule has 48 heavy (non-hydrogen) atoms. The van der Waals surface area contributed by atoms with Gasteiger partial charge in [0.05, 0.1) is 58.3 Å². The van der Waals surface area contributed by atoms with Crippen molar-refractivity contribution in [2.45, 2.75) is 106 Å². The number of hydrogen-bond acceptors (Lipinski definition) is 12. The molecule has 0 fully saturated rings. The van der Waals surface area contributed by atoms with E-state index in [2.05, 4.69) is 10.2 Å². The molecule has 4 heterocycles. The molecular weight excluding hydrogens is 628 g/mol. The molecule has 2 aliphatic rings. The van der Waals surface area contributed by atoms with Crippen molar-refractivity contribution < 1.29 is 48.3 Å². The van der Waals surface area contributed by atoms with E-state index >= 15 is 0 Å². The molecule has 2 N–H and O–H groups in total. The third-order valence-electron chi connectivity index (χ3n) is 7.10. The first kappa shape index (κ1) is 38.3. The third-order valence-corrected chi connectivity index (χ3v) is 7.10. The highest BCUT2D eigenvalue weighted by Gasteiger charge is 2.34. The molecule has 16 nitrogen and oxygen atoms in total. The van der Waals surface area contributed by atoms with Crippen molar-refractivity contribution in [3.8, 4) is 0 Å². The quantitative estimate of drug-likeness (QED) is 0.307. The van der Waals surface area contributed by atoms with E-state index in [0.717, 1.165) is 11.4 Å². The molecule has 0 atom stereocenters. The van der Waals surface area contributed by atoms with Crippen molar-refractivity contribution in [2.75, 3.05) is 39.5 Å². The summed E-state index contributed by atoms with van der Waals surface area (Å²) in [5.41, 5.74) is 2.28. The van der Waals surface area contributed by atoms with Gasteiger partial charge in [-0.05, 0) is 55.4 Å². The van der Waals surface area contributed by atoms with Crippen LogP contribution in [0.2, 0.25) is 0 Å². The molecule has 16 heteroatoms. The molecule has 2 aromatic rings. The molecule has 2 aliphatic heterocycles. The average Bonchev–Trinajstić information content (AvgIpc) is 3.53. The molecule has 0 radical (unpaired) electrons. The zero-order valence-corrected chi connectivity index (χ0v) is 29.3. The minimum atomic E-state index is -0.581. The SMILES string of the molecule is CCOC(=O)c1c2c(nn1CCO)CCN(C(=O)OC(C)(C)C)C2.CCOC(=O)c1nn(CCO)c2c1CN(C(=O)OC(C)(C)C)CC2. The number of aromatic nitrogens is 4. The van der Waals surface area contributed by atoms with E-state index in [1.54, 1.807) is 28.3 Å². The first-order chi connectivity index (χ1) is 22.5. The number of ether oxygens (including phenoxy) is 4. The number of aliphatic hydroxyl groups is 2. The number of rotatable bonds is 8. The molecular formula is C32H50N6O10. The highest BCUT2D eigenvalue weighted by atomic mass is 16.6. The van der Waals surface area contributed by atoms with Crippen LogP contribution in [0.25, 0.3) is 0 Å². The van der Waals surface area contributed by atoms with Gasteiger partial charge in [-0.1, -0.05) is 0 Å². The number of amides is 2. The molecule has 0 aromatic carbocycles. The van der Waals surface area contributed by atoms with Gasteiger partial charge in [-0.3, -0.25) is 9.36 Å². The summed E-state index contributed by atoms with van der Waals surface area (Å²) in [5, 5.41) is 27.0. The van der Waals surface area contributed by atoms with E-state index in [1.165, 1.54) is 4.68 Å². The van der Waals surface area contributed by atoms with Crippen molar-refractivity contribution in [1.82, 2.24) is 29.4 Å². The van der Waals surface area contributed by atoms with Crippen LogP contribution in [0.4, 0.5) is 9.59 Å². The summed E-state index contributed by atoms with van der Waals surface area (Å²) in [6.07, 6.45) is 0.233. The van der Waals surface area contributed by atoms with E-state index < -0.39 is 35.3 Å². The van der Waals surface area contributed by atoms with Crippen LogP contribution in [-0.4, -0.2) is 114 Å². The van der Waals surface area contributed by atoms with Gasteiger partial charge in [0.2, 0.25) is 0 Å². The van der Waals surface area contributed by atoms with Crippen LogP contribution >= 0.6 is 0 Å². The van der Waals surface area contributed by atoms with Gasteiger partial charge < -0.3 is 39.0 Å². The van der Waals surface area contributed by atoms with Crippen molar-refractivity contribution in [3.63, 3.8) is 0 Å². The lowest BCUT2D eigenvalue weighted by molar-refractivity contribution is 0.0211. The van der Waals surface area contributed by atoms with Gasteiger partial charge in [-0.15, -0.1) is 0 Å². The second-order valence-electron chi connectivity index (χ2n) is 13.2. The second kappa shape index (κ2) is 16.3. The van der Waals surface area contributed by atoms with Gasteiger partial charge in [-0.2, -0.15) is 10.2 Å². The number of hydrogen-bond donors (Lipinski definition) is 2. The van der Waals surface area contributed by atoms with Crippen molar-refractivity contribution in [2.24, 2.45) is 0 Å². The molecule has 0 aliphatic carbocycles. The molecule has 0 bridgehead atoms. The summed E-state index contributed by atoms with van der Waals surface area (Å²) < 4.78 is 24.0. The van der Waals surface area contributed by atoms with Crippen molar-refractivity contribution in [3.05, 3.63) is 33.9 Å². The topological polar surface area (TPSA) is 188 Å². The van der Waals surface area contributed by atoms with Gasteiger partial charge in [0, 0.05) is 42.8 Å². The summed E-state index contributed by atoms with van der Waals surface area (Å²) in [6.45, 7) is 16.5. The number of carbonyl (C=O) groups excluding carboxylic acids is 4. The van der Waals surface area contributed by atoms with Gasteiger partial charge in [0.25, 0.3) is 0 Å². The van der Waals surface area contributed by atoms with E-state index in [1.807, 2.05) is 41.5 Å². The summed E-state index contributed by atoms with van der Waals surface area (Å²) in [5.74, 6) is -1.01.